The van der Waals surface area contributed by atoms with Crippen molar-refractivity contribution in [2.75, 3.05) is 12.4 Å². The lowest BCUT2D eigenvalue weighted by atomic mass is 10.1. The number of carbonyl (C=O) groups is 5. The number of carbonyl (C=O) groups excluding carboxylic acids is 4. The van der Waals surface area contributed by atoms with E-state index in [1.165, 1.54) is 6.92 Å². The Bertz CT molecular complexity index is 559. The van der Waals surface area contributed by atoms with E-state index in [9.17, 15) is 29.1 Å². The average Bonchev–Trinajstić information content (AvgIpc) is 2.56. The highest BCUT2D eigenvalue weighted by Crippen LogP contribution is 1.97. The third-order valence-corrected chi connectivity index (χ3v) is 3.51. The van der Waals surface area contributed by atoms with Gasteiger partial charge in [0.25, 0.3) is 0 Å². The molecule has 0 heterocycles. The van der Waals surface area contributed by atoms with Crippen molar-refractivity contribution >= 4 is 42.2 Å². The Labute approximate surface area is 154 Å². The Morgan fingerprint density at radius 3 is 1.92 bits per heavy atom. The maximum absolute atomic E-state index is 12.1. The first-order valence-corrected chi connectivity index (χ1v) is 8.06. The lowest BCUT2D eigenvalue weighted by Gasteiger charge is -2.23. The summed E-state index contributed by atoms with van der Waals surface area (Å²) in [7, 11) is 0. The van der Waals surface area contributed by atoms with Crippen LogP contribution >= 0.6 is 12.6 Å². The molecule has 13 heteroatoms. The van der Waals surface area contributed by atoms with Crippen LogP contribution in [0.3, 0.4) is 0 Å². The minimum absolute atomic E-state index is 0.00855. The highest BCUT2D eigenvalue weighted by Gasteiger charge is 2.29. The van der Waals surface area contributed by atoms with E-state index >= 15 is 0 Å². The van der Waals surface area contributed by atoms with E-state index in [-0.39, 0.29) is 5.75 Å². The zero-order chi connectivity index (χ0) is 20.4. The predicted molar refractivity (Wildman–Crippen MR) is 91.8 cm³/mol. The molecule has 9 N–H and O–H groups in total. The van der Waals surface area contributed by atoms with Crippen LogP contribution in [0.5, 0.6) is 0 Å². The Hall–Kier alpha value is -2.38. The number of aliphatic hydroxyl groups is 1. The molecule has 4 atom stereocenters. The van der Waals surface area contributed by atoms with E-state index < -0.39 is 66.8 Å². The number of hydrogen-bond acceptors (Lipinski definition) is 8. The number of hydrogen-bond donors (Lipinski definition) is 8. The van der Waals surface area contributed by atoms with E-state index in [0.29, 0.717) is 0 Å². The summed E-state index contributed by atoms with van der Waals surface area (Å²) in [5, 5.41) is 24.4. The maximum atomic E-state index is 12.1. The van der Waals surface area contributed by atoms with Gasteiger partial charge in [-0.2, -0.15) is 12.6 Å². The number of thiol groups is 1. The normalized spacial score (nSPS) is 15.1. The summed E-state index contributed by atoms with van der Waals surface area (Å²) in [6.45, 7) is 0.367. The van der Waals surface area contributed by atoms with E-state index in [4.69, 9.17) is 16.6 Å². The molecule has 0 spiro atoms. The van der Waals surface area contributed by atoms with E-state index in [2.05, 4.69) is 28.6 Å². The molecule has 148 valence electrons. The minimum atomic E-state index is -1.49. The summed E-state index contributed by atoms with van der Waals surface area (Å²) in [5.74, 6) is -4.99. The topological polar surface area (TPSA) is 214 Å². The van der Waals surface area contributed by atoms with Gasteiger partial charge in [-0.25, -0.2) is 0 Å². The summed E-state index contributed by atoms with van der Waals surface area (Å²) in [5.41, 5.74) is 10.4. The summed E-state index contributed by atoms with van der Waals surface area (Å²) in [4.78, 5) is 57.7. The number of carboxylic acid groups (broad SMARTS) is 1. The van der Waals surface area contributed by atoms with Crippen LogP contribution in [0.2, 0.25) is 0 Å². The molecule has 0 rings (SSSR count). The monoisotopic (exact) mass is 393 g/mol. The molecule has 0 aromatic rings. The molecule has 0 aromatic carbocycles. The average molecular weight is 393 g/mol. The van der Waals surface area contributed by atoms with Crippen molar-refractivity contribution in [1.29, 1.82) is 0 Å². The molecular weight excluding hydrogens is 370 g/mol. The summed E-state index contributed by atoms with van der Waals surface area (Å²) in [6.07, 6.45) is -0.619. The second-order valence-electron chi connectivity index (χ2n) is 5.33. The molecule has 0 saturated carbocycles. The molecule has 0 bridgehead atoms. The van der Waals surface area contributed by atoms with Crippen LogP contribution in [-0.2, 0) is 24.0 Å². The van der Waals surface area contributed by atoms with Gasteiger partial charge in [0.2, 0.25) is 23.6 Å². The van der Waals surface area contributed by atoms with Crippen LogP contribution < -0.4 is 27.4 Å². The third kappa shape index (κ3) is 8.13. The molecule has 0 saturated heterocycles. The number of rotatable bonds is 11. The quantitative estimate of drug-likeness (QED) is 0.160. The first kappa shape index (κ1) is 23.6. The lowest BCUT2D eigenvalue weighted by Crippen LogP contribution is -2.58. The van der Waals surface area contributed by atoms with Gasteiger partial charge in [-0.1, -0.05) is 0 Å². The number of nitrogens with two attached hydrogens (primary N) is 2. The van der Waals surface area contributed by atoms with Crippen LogP contribution in [-0.4, -0.2) is 76.3 Å². The number of amides is 4. The van der Waals surface area contributed by atoms with Crippen LogP contribution in [0.25, 0.3) is 0 Å². The number of carboxylic acids is 1. The van der Waals surface area contributed by atoms with Crippen molar-refractivity contribution in [3.05, 3.63) is 0 Å². The molecule has 12 nitrogen and oxygen atoms in total. The zero-order valence-corrected chi connectivity index (χ0v) is 14.9. The first-order valence-electron chi connectivity index (χ1n) is 7.43. The highest BCUT2D eigenvalue weighted by atomic mass is 32.1. The molecule has 0 fully saturated rings. The fraction of sp³-hybridized carbons (Fsp3) is 0.615. The van der Waals surface area contributed by atoms with E-state index in [0.717, 1.165) is 0 Å². The Morgan fingerprint density at radius 1 is 1.00 bits per heavy atom. The van der Waals surface area contributed by atoms with Gasteiger partial charge in [0.05, 0.1) is 19.1 Å². The molecule has 26 heavy (non-hydrogen) atoms. The van der Waals surface area contributed by atoms with Gasteiger partial charge in [-0.3, -0.25) is 24.0 Å². The molecule has 4 amide bonds. The van der Waals surface area contributed by atoms with Crippen LogP contribution in [0, 0.1) is 0 Å². The van der Waals surface area contributed by atoms with Crippen molar-refractivity contribution < 1.29 is 34.2 Å². The molecule has 4 unspecified atom stereocenters. The van der Waals surface area contributed by atoms with Gasteiger partial charge in [0.1, 0.15) is 18.1 Å². The van der Waals surface area contributed by atoms with Crippen LogP contribution in [0.15, 0.2) is 0 Å². The van der Waals surface area contributed by atoms with Gasteiger partial charge >= 0.3 is 5.97 Å². The molecule has 0 radical (unpaired) electrons. The summed E-state index contributed by atoms with van der Waals surface area (Å²) < 4.78 is 0. The number of aliphatic hydroxyl groups excluding tert-OH is 1. The van der Waals surface area contributed by atoms with Crippen molar-refractivity contribution in [2.45, 2.75) is 37.5 Å². The minimum Gasteiger partial charge on any atom is -0.480 e. The van der Waals surface area contributed by atoms with Crippen molar-refractivity contribution in [3.63, 3.8) is 0 Å². The van der Waals surface area contributed by atoms with Gasteiger partial charge in [-0.05, 0) is 6.92 Å². The molecule has 0 aliphatic carbocycles. The lowest BCUT2D eigenvalue weighted by molar-refractivity contribution is -0.142. The molecule has 0 aliphatic rings. The Balaban J connectivity index is 5.08. The van der Waals surface area contributed by atoms with Crippen molar-refractivity contribution in [1.82, 2.24) is 16.0 Å². The molecule has 0 aliphatic heterocycles. The van der Waals surface area contributed by atoms with Gasteiger partial charge in [-0.15, -0.1) is 0 Å². The van der Waals surface area contributed by atoms with Crippen molar-refractivity contribution in [2.24, 2.45) is 11.5 Å². The van der Waals surface area contributed by atoms with Crippen LogP contribution in [0.1, 0.15) is 13.3 Å². The second-order valence-corrected chi connectivity index (χ2v) is 5.70. The van der Waals surface area contributed by atoms with Gasteiger partial charge < -0.3 is 37.6 Å². The summed E-state index contributed by atoms with van der Waals surface area (Å²) >= 11 is 3.83. The summed E-state index contributed by atoms with van der Waals surface area (Å²) in [6, 6.07) is -5.25. The van der Waals surface area contributed by atoms with Gasteiger partial charge in [0, 0.05) is 5.75 Å². The van der Waals surface area contributed by atoms with E-state index in [1.807, 2.05) is 0 Å². The predicted octanol–water partition coefficient (Wildman–Crippen LogP) is -4.33. The molecular formula is C13H23N5O7S. The fourth-order valence-corrected chi connectivity index (χ4v) is 1.78. The number of nitrogens with one attached hydrogen (secondary N) is 3. The SMILES string of the molecule is CC(NC(=O)C(CC(N)=O)NC(=O)C(CO)NC(=O)C(N)CS)C(=O)O. The zero-order valence-electron chi connectivity index (χ0n) is 14.0. The van der Waals surface area contributed by atoms with Crippen molar-refractivity contribution in [3.8, 4) is 0 Å². The number of primary amides is 1. The third-order valence-electron chi connectivity index (χ3n) is 3.12. The van der Waals surface area contributed by atoms with E-state index in [1.54, 1.807) is 0 Å². The number of aliphatic carboxylic acids is 1. The maximum Gasteiger partial charge on any atom is 0.325 e. The second kappa shape index (κ2) is 11.3. The standard InChI is InChI=1S/C13H23N5O7S/c1-5(13(24)25)16-11(22)7(2-9(15)20)17-12(23)8(3-19)18-10(21)6(14)4-26/h5-8,19,26H,2-4,14H2,1H3,(H2,15,20)(H,16,22)(H,17,23)(H,18,21)(H,24,25). The fourth-order valence-electron chi connectivity index (χ4n) is 1.61. The highest BCUT2D eigenvalue weighted by molar-refractivity contribution is 7.80. The van der Waals surface area contributed by atoms with Crippen LogP contribution in [0.4, 0.5) is 0 Å². The smallest absolute Gasteiger partial charge is 0.325 e. The largest absolute Gasteiger partial charge is 0.480 e. The first-order chi connectivity index (χ1) is 12.0. The Kier molecular flexibility index (Phi) is 10.2. The Morgan fingerprint density at radius 2 is 1.50 bits per heavy atom. The van der Waals surface area contributed by atoms with Gasteiger partial charge in [0.15, 0.2) is 0 Å². The molecule has 0 aromatic heterocycles.